The van der Waals surface area contributed by atoms with E-state index in [2.05, 4.69) is 22.0 Å². The third-order valence-corrected chi connectivity index (χ3v) is 6.46. The standard InChI is InChI=1S/C23H36N4O2/c1-3-6-22(28)27-15-5-4-7-21(27)23(29)25(2)16-10-19-11-17-26(18-12-19)20-8-13-24-14-9-20/h8-9,13-14,19,21H,3-7,10-12,15-18H2,1-2H3. The van der Waals surface area contributed by atoms with E-state index < -0.39 is 0 Å². The molecule has 3 rings (SSSR count). The van der Waals surface area contributed by atoms with Crippen LogP contribution in [0.1, 0.15) is 58.3 Å². The SMILES string of the molecule is CCCC(=O)N1CCCCC1C(=O)N(C)CCC1CCN(c2ccncc2)CC1. The summed E-state index contributed by atoms with van der Waals surface area (Å²) >= 11 is 0. The molecule has 160 valence electrons. The Morgan fingerprint density at radius 1 is 1.10 bits per heavy atom. The Morgan fingerprint density at radius 3 is 2.52 bits per heavy atom. The number of aromatic nitrogens is 1. The van der Waals surface area contributed by atoms with Crippen molar-refractivity contribution in [1.29, 1.82) is 0 Å². The van der Waals surface area contributed by atoms with Crippen LogP contribution < -0.4 is 4.90 Å². The third-order valence-electron chi connectivity index (χ3n) is 6.46. The summed E-state index contributed by atoms with van der Waals surface area (Å²) < 4.78 is 0. The van der Waals surface area contributed by atoms with Crippen molar-refractivity contribution in [3.8, 4) is 0 Å². The lowest BCUT2D eigenvalue weighted by Crippen LogP contribution is -2.52. The molecule has 2 fully saturated rings. The van der Waals surface area contributed by atoms with Gasteiger partial charge in [0.2, 0.25) is 11.8 Å². The second-order valence-electron chi connectivity index (χ2n) is 8.53. The highest BCUT2D eigenvalue weighted by molar-refractivity contribution is 5.87. The molecule has 0 aromatic carbocycles. The summed E-state index contributed by atoms with van der Waals surface area (Å²) in [5.41, 5.74) is 1.25. The van der Waals surface area contributed by atoms with Crippen molar-refractivity contribution in [1.82, 2.24) is 14.8 Å². The van der Waals surface area contributed by atoms with Crippen molar-refractivity contribution in [3.05, 3.63) is 24.5 Å². The van der Waals surface area contributed by atoms with Gasteiger partial charge in [0.1, 0.15) is 6.04 Å². The zero-order valence-electron chi connectivity index (χ0n) is 18.1. The molecule has 6 heteroatoms. The minimum absolute atomic E-state index is 0.128. The van der Waals surface area contributed by atoms with Gasteiger partial charge in [-0.1, -0.05) is 6.92 Å². The summed E-state index contributed by atoms with van der Waals surface area (Å²) in [7, 11) is 1.91. The van der Waals surface area contributed by atoms with Gasteiger partial charge in [-0.3, -0.25) is 14.6 Å². The van der Waals surface area contributed by atoms with Crippen LogP contribution in [0.5, 0.6) is 0 Å². The summed E-state index contributed by atoms with van der Waals surface area (Å²) in [6.07, 6.45) is 11.3. The lowest BCUT2D eigenvalue weighted by molar-refractivity contribution is -0.147. The Balaban J connectivity index is 1.45. The van der Waals surface area contributed by atoms with E-state index in [0.29, 0.717) is 12.3 Å². The molecular weight excluding hydrogens is 364 g/mol. The molecule has 2 amide bonds. The van der Waals surface area contributed by atoms with Crippen LogP contribution in [0, 0.1) is 5.92 Å². The van der Waals surface area contributed by atoms with Gasteiger partial charge in [0.15, 0.2) is 0 Å². The highest BCUT2D eigenvalue weighted by Crippen LogP contribution is 2.25. The second kappa shape index (κ2) is 10.6. The zero-order chi connectivity index (χ0) is 20.6. The van der Waals surface area contributed by atoms with Crippen molar-refractivity contribution >= 4 is 17.5 Å². The van der Waals surface area contributed by atoms with Gasteiger partial charge in [0.25, 0.3) is 0 Å². The van der Waals surface area contributed by atoms with Gasteiger partial charge in [0.05, 0.1) is 0 Å². The van der Waals surface area contributed by atoms with Crippen LogP contribution in [-0.4, -0.2) is 65.9 Å². The normalized spacial score (nSPS) is 20.6. The number of likely N-dealkylation sites (N-methyl/N-ethyl adjacent to an activating group) is 1. The van der Waals surface area contributed by atoms with E-state index in [1.807, 2.05) is 36.2 Å². The van der Waals surface area contributed by atoms with Gasteiger partial charge in [-0.2, -0.15) is 0 Å². The molecule has 0 radical (unpaired) electrons. The van der Waals surface area contributed by atoms with E-state index in [9.17, 15) is 9.59 Å². The van der Waals surface area contributed by atoms with Gasteiger partial charge in [0, 0.05) is 57.7 Å². The first-order valence-electron chi connectivity index (χ1n) is 11.3. The predicted octanol–water partition coefficient (Wildman–Crippen LogP) is 3.33. The Kier molecular flexibility index (Phi) is 7.90. The number of hydrogen-bond donors (Lipinski definition) is 0. The first-order valence-corrected chi connectivity index (χ1v) is 11.3. The molecule has 29 heavy (non-hydrogen) atoms. The molecule has 1 atom stereocenters. The molecule has 0 aliphatic carbocycles. The van der Waals surface area contributed by atoms with Crippen LogP contribution in [-0.2, 0) is 9.59 Å². The predicted molar refractivity (Wildman–Crippen MR) is 116 cm³/mol. The van der Waals surface area contributed by atoms with Crippen LogP contribution in [0.4, 0.5) is 5.69 Å². The van der Waals surface area contributed by atoms with Crippen LogP contribution in [0.3, 0.4) is 0 Å². The highest BCUT2D eigenvalue weighted by Gasteiger charge is 2.33. The Labute approximate surface area is 175 Å². The van der Waals surface area contributed by atoms with Crippen molar-refractivity contribution < 1.29 is 9.59 Å². The number of anilines is 1. The van der Waals surface area contributed by atoms with Crippen molar-refractivity contribution in [2.24, 2.45) is 5.92 Å². The third kappa shape index (κ3) is 5.71. The molecule has 0 saturated carbocycles. The van der Waals surface area contributed by atoms with E-state index in [4.69, 9.17) is 0 Å². The second-order valence-corrected chi connectivity index (χ2v) is 8.53. The van der Waals surface area contributed by atoms with E-state index in [1.165, 1.54) is 5.69 Å². The van der Waals surface area contributed by atoms with Gasteiger partial charge >= 0.3 is 0 Å². The summed E-state index contributed by atoms with van der Waals surface area (Å²) in [6, 6.07) is 3.90. The maximum atomic E-state index is 13.0. The molecule has 6 nitrogen and oxygen atoms in total. The van der Waals surface area contributed by atoms with Crippen LogP contribution in [0.15, 0.2) is 24.5 Å². The molecule has 1 aromatic heterocycles. The van der Waals surface area contributed by atoms with Crippen LogP contribution in [0.2, 0.25) is 0 Å². The minimum atomic E-state index is -0.249. The quantitative estimate of drug-likeness (QED) is 0.704. The largest absolute Gasteiger partial charge is 0.371 e. The smallest absolute Gasteiger partial charge is 0.245 e. The van der Waals surface area contributed by atoms with E-state index in [0.717, 1.165) is 71.1 Å². The molecular formula is C23H36N4O2. The molecule has 0 spiro atoms. The highest BCUT2D eigenvalue weighted by atomic mass is 16.2. The van der Waals surface area contributed by atoms with Crippen LogP contribution >= 0.6 is 0 Å². The monoisotopic (exact) mass is 400 g/mol. The van der Waals surface area contributed by atoms with Crippen molar-refractivity contribution in [2.45, 2.75) is 64.3 Å². The van der Waals surface area contributed by atoms with Crippen molar-refractivity contribution in [2.75, 3.05) is 38.1 Å². The number of amides is 2. The van der Waals surface area contributed by atoms with E-state index >= 15 is 0 Å². The number of piperidine rings is 2. The van der Waals surface area contributed by atoms with E-state index in [1.54, 1.807) is 0 Å². The van der Waals surface area contributed by atoms with Gasteiger partial charge in [-0.05, 0) is 63.0 Å². The van der Waals surface area contributed by atoms with E-state index in [-0.39, 0.29) is 17.9 Å². The number of nitrogens with zero attached hydrogens (tertiary/aromatic N) is 4. The average Bonchev–Trinajstić information content (AvgIpc) is 2.78. The van der Waals surface area contributed by atoms with Gasteiger partial charge in [-0.25, -0.2) is 0 Å². The lowest BCUT2D eigenvalue weighted by atomic mass is 9.93. The lowest BCUT2D eigenvalue weighted by Gasteiger charge is -2.38. The first kappa shape index (κ1) is 21.6. The summed E-state index contributed by atoms with van der Waals surface area (Å²) in [6.45, 7) is 5.66. The Hall–Kier alpha value is -2.11. The fourth-order valence-electron chi connectivity index (χ4n) is 4.62. The number of carbonyl (C=O) groups is 2. The number of likely N-dealkylation sites (tertiary alicyclic amines) is 1. The maximum Gasteiger partial charge on any atom is 0.245 e. The molecule has 2 saturated heterocycles. The first-order chi connectivity index (χ1) is 14.1. The molecule has 3 heterocycles. The summed E-state index contributed by atoms with van der Waals surface area (Å²) in [5.74, 6) is 0.929. The van der Waals surface area contributed by atoms with Crippen molar-refractivity contribution in [3.63, 3.8) is 0 Å². The fourth-order valence-corrected chi connectivity index (χ4v) is 4.62. The topological polar surface area (TPSA) is 56.8 Å². The maximum absolute atomic E-state index is 13.0. The zero-order valence-corrected chi connectivity index (χ0v) is 18.1. The molecule has 1 aromatic rings. The fraction of sp³-hybridized carbons (Fsp3) is 0.696. The number of rotatable bonds is 7. The summed E-state index contributed by atoms with van der Waals surface area (Å²) in [5, 5.41) is 0. The van der Waals surface area contributed by atoms with Crippen LogP contribution in [0.25, 0.3) is 0 Å². The minimum Gasteiger partial charge on any atom is -0.371 e. The number of pyridine rings is 1. The molecule has 0 bridgehead atoms. The number of carbonyl (C=O) groups excluding carboxylic acids is 2. The average molecular weight is 401 g/mol. The van der Waals surface area contributed by atoms with Gasteiger partial charge < -0.3 is 14.7 Å². The Bertz CT molecular complexity index is 658. The van der Waals surface area contributed by atoms with Gasteiger partial charge in [-0.15, -0.1) is 0 Å². The molecule has 2 aliphatic heterocycles. The number of hydrogen-bond acceptors (Lipinski definition) is 4. The Morgan fingerprint density at radius 2 is 1.83 bits per heavy atom. The molecule has 0 N–H and O–H groups in total. The molecule has 2 aliphatic rings. The summed E-state index contributed by atoms with van der Waals surface area (Å²) in [4.78, 5) is 35.7. The molecule has 1 unspecified atom stereocenters.